The summed E-state index contributed by atoms with van der Waals surface area (Å²) in [6.07, 6.45) is 1.42. The molecular formula is C25H26ClIN4O7. The molecule has 0 aromatic heterocycles. The molecule has 38 heavy (non-hydrogen) atoms. The quantitative estimate of drug-likeness (QED) is 0.154. The van der Waals surface area contributed by atoms with Crippen LogP contribution in [0.2, 0.25) is 5.02 Å². The summed E-state index contributed by atoms with van der Waals surface area (Å²) < 4.78 is 22.3. The van der Waals surface area contributed by atoms with Crippen LogP contribution in [0.15, 0.2) is 46.7 Å². The van der Waals surface area contributed by atoms with Crippen LogP contribution >= 0.6 is 34.2 Å². The molecule has 3 rings (SSSR count). The van der Waals surface area contributed by atoms with Crippen molar-refractivity contribution in [2.45, 2.75) is 19.9 Å². The van der Waals surface area contributed by atoms with Gasteiger partial charge in [0.25, 0.3) is 5.91 Å². The fourth-order valence-electron chi connectivity index (χ4n) is 3.65. The Kier molecular flexibility index (Phi) is 10.2. The molecule has 3 N–H and O–H groups in total. The highest BCUT2D eigenvalue weighted by atomic mass is 127. The second kappa shape index (κ2) is 13.3. The van der Waals surface area contributed by atoms with Crippen molar-refractivity contribution in [2.75, 3.05) is 27.4 Å². The van der Waals surface area contributed by atoms with E-state index in [1.54, 1.807) is 44.2 Å². The number of rotatable bonds is 10. The lowest BCUT2D eigenvalue weighted by Crippen LogP contribution is -2.45. The SMILES string of the molecule is CCOC(=O)C1=C(C)NC(=O)N[C@H]1c1ccc(OCC(=O)N/N=C/c2cc(Cl)cc(I)c2OC)c(OC)c1. The standard InChI is InChI=1S/C25H26ClIN4O7/c1-5-37-24(33)21-13(2)29-25(34)30-22(21)14-6-7-18(19(9-14)35-3)38-12-20(32)31-28-11-15-8-16(26)10-17(27)23(15)36-4/h6-11,22H,5,12H2,1-4H3,(H,31,32)(H2,29,30,34)/b28-11+/t22-/m0/s1. The maximum atomic E-state index is 12.5. The number of hydrogen-bond acceptors (Lipinski definition) is 8. The molecule has 3 amide bonds. The van der Waals surface area contributed by atoms with Crippen molar-refractivity contribution in [2.24, 2.45) is 5.10 Å². The normalized spacial score (nSPS) is 15.0. The first-order chi connectivity index (χ1) is 18.2. The molecule has 1 heterocycles. The predicted molar refractivity (Wildman–Crippen MR) is 149 cm³/mol. The Morgan fingerprint density at radius 1 is 1.18 bits per heavy atom. The number of nitrogens with zero attached hydrogens (tertiary/aromatic N) is 1. The van der Waals surface area contributed by atoms with Crippen molar-refractivity contribution in [3.8, 4) is 17.2 Å². The summed E-state index contributed by atoms with van der Waals surface area (Å²) in [5.41, 5.74) is 4.20. The topological polar surface area (TPSA) is 137 Å². The highest BCUT2D eigenvalue weighted by molar-refractivity contribution is 14.1. The second-order valence-electron chi connectivity index (χ2n) is 7.79. The zero-order valence-electron chi connectivity index (χ0n) is 21.0. The summed E-state index contributed by atoms with van der Waals surface area (Å²) in [7, 11) is 2.96. The summed E-state index contributed by atoms with van der Waals surface area (Å²) in [6, 6.07) is 7.03. The number of methoxy groups -OCH3 is 2. The molecule has 202 valence electrons. The van der Waals surface area contributed by atoms with Gasteiger partial charge in [0.05, 0.1) is 42.2 Å². The number of nitrogens with one attached hydrogen (secondary N) is 3. The monoisotopic (exact) mass is 656 g/mol. The van der Waals surface area contributed by atoms with E-state index in [1.807, 2.05) is 0 Å². The van der Waals surface area contributed by atoms with Crippen molar-refractivity contribution in [3.63, 3.8) is 0 Å². The smallest absolute Gasteiger partial charge is 0.338 e. The third kappa shape index (κ3) is 7.07. The Morgan fingerprint density at radius 2 is 1.95 bits per heavy atom. The molecule has 1 atom stereocenters. The van der Waals surface area contributed by atoms with Gasteiger partial charge >= 0.3 is 12.0 Å². The highest BCUT2D eigenvalue weighted by Crippen LogP contribution is 2.34. The first-order valence-corrected chi connectivity index (χ1v) is 12.7. The van der Waals surface area contributed by atoms with Crippen LogP contribution in [0.25, 0.3) is 0 Å². The molecule has 11 nitrogen and oxygen atoms in total. The van der Waals surface area contributed by atoms with Gasteiger partial charge in [-0.15, -0.1) is 0 Å². The summed E-state index contributed by atoms with van der Waals surface area (Å²) >= 11 is 8.18. The zero-order chi connectivity index (χ0) is 27.8. The van der Waals surface area contributed by atoms with Gasteiger partial charge in [0.15, 0.2) is 18.1 Å². The summed E-state index contributed by atoms with van der Waals surface area (Å²) in [5.74, 6) is 0.0851. The molecule has 1 aliphatic heterocycles. The number of hydrogen-bond donors (Lipinski definition) is 3. The summed E-state index contributed by atoms with van der Waals surface area (Å²) in [6.45, 7) is 3.15. The average molecular weight is 657 g/mol. The van der Waals surface area contributed by atoms with Crippen molar-refractivity contribution >= 4 is 58.3 Å². The van der Waals surface area contributed by atoms with E-state index < -0.39 is 23.9 Å². The van der Waals surface area contributed by atoms with E-state index in [2.05, 4.69) is 43.8 Å². The molecule has 0 aliphatic carbocycles. The van der Waals surface area contributed by atoms with Crippen molar-refractivity contribution in [1.82, 2.24) is 16.1 Å². The summed E-state index contributed by atoms with van der Waals surface area (Å²) in [4.78, 5) is 36.9. The number of halogens is 2. The van der Waals surface area contributed by atoms with Gasteiger partial charge in [0.1, 0.15) is 5.75 Å². The highest BCUT2D eigenvalue weighted by Gasteiger charge is 2.32. The lowest BCUT2D eigenvalue weighted by molar-refractivity contribution is -0.139. The third-order valence-electron chi connectivity index (χ3n) is 5.28. The number of benzene rings is 2. The number of ether oxygens (including phenoxy) is 4. The number of amides is 3. The minimum atomic E-state index is -0.769. The number of hydrazone groups is 1. The predicted octanol–water partition coefficient (Wildman–Crippen LogP) is 3.68. The van der Waals surface area contributed by atoms with E-state index >= 15 is 0 Å². The molecule has 0 saturated heterocycles. The van der Waals surface area contributed by atoms with Crippen molar-refractivity contribution in [3.05, 3.63) is 61.3 Å². The molecule has 0 bridgehead atoms. The van der Waals surface area contributed by atoms with Crippen LogP contribution in [0.4, 0.5) is 4.79 Å². The number of allylic oxidation sites excluding steroid dienone is 1. The maximum Gasteiger partial charge on any atom is 0.338 e. The van der Waals surface area contributed by atoms with Gasteiger partial charge < -0.3 is 29.6 Å². The number of esters is 1. The Balaban J connectivity index is 1.70. The average Bonchev–Trinajstić information content (AvgIpc) is 2.86. The lowest BCUT2D eigenvalue weighted by Gasteiger charge is -2.28. The van der Waals surface area contributed by atoms with E-state index in [-0.39, 0.29) is 24.5 Å². The fourth-order valence-corrected chi connectivity index (χ4v) is 4.92. The lowest BCUT2D eigenvalue weighted by atomic mass is 9.95. The third-order valence-corrected chi connectivity index (χ3v) is 6.30. The van der Waals surface area contributed by atoms with Crippen molar-refractivity contribution in [1.29, 1.82) is 0 Å². The largest absolute Gasteiger partial charge is 0.495 e. The molecular weight excluding hydrogens is 631 g/mol. The molecule has 0 saturated carbocycles. The molecule has 1 aliphatic rings. The van der Waals surface area contributed by atoms with Gasteiger partial charge in [0, 0.05) is 16.3 Å². The number of carbonyl (C=O) groups excluding carboxylic acids is 3. The van der Waals surface area contributed by atoms with Gasteiger partial charge in [-0.3, -0.25) is 4.79 Å². The Bertz CT molecular complexity index is 1300. The van der Waals surface area contributed by atoms with E-state index in [9.17, 15) is 14.4 Å². The van der Waals surface area contributed by atoms with Gasteiger partial charge in [0.2, 0.25) is 0 Å². The minimum Gasteiger partial charge on any atom is -0.495 e. The molecule has 2 aromatic carbocycles. The van der Waals surface area contributed by atoms with E-state index in [0.717, 1.165) is 3.57 Å². The van der Waals surface area contributed by atoms with Crippen LogP contribution in [-0.4, -0.2) is 51.6 Å². The van der Waals surface area contributed by atoms with E-state index in [1.165, 1.54) is 20.4 Å². The van der Waals surface area contributed by atoms with Crippen LogP contribution < -0.4 is 30.3 Å². The number of carbonyl (C=O) groups is 3. The maximum absolute atomic E-state index is 12.5. The van der Waals surface area contributed by atoms with Gasteiger partial charge in [-0.1, -0.05) is 17.7 Å². The Hall–Kier alpha value is -3.52. The zero-order valence-corrected chi connectivity index (χ0v) is 23.9. The molecule has 2 aromatic rings. The van der Waals surface area contributed by atoms with Crippen LogP contribution in [0.1, 0.15) is 31.0 Å². The van der Waals surface area contributed by atoms with Crippen LogP contribution in [0.5, 0.6) is 17.2 Å². The molecule has 0 spiro atoms. The molecule has 0 radical (unpaired) electrons. The van der Waals surface area contributed by atoms with Crippen LogP contribution in [0.3, 0.4) is 0 Å². The second-order valence-corrected chi connectivity index (χ2v) is 9.39. The fraction of sp³-hybridized carbons (Fsp3) is 0.280. The molecule has 0 fully saturated rings. The van der Waals surface area contributed by atoms with Gasteiger partial charge in [-0.2, -0.15) is 5.10 Å². The molecule has 0 unspecified atom stereocenters. The van der Waals surface area contributed by atoms with E-state index in [0.29, 0.717) is 33.3 Å². The minimum absolute atomic E-state index is 0.185. The molecule has 13 heteroatoms. The van der Waals surface area contributed by atoms with Gasteiger partial charge in [-0.25, -0.2) is 15.0 Å². The van der Waals surface area contributed by atoms with Crippen molar-refractivity contribution < 1.29 is 33.3 Å². The first-order valence-electron chi connectivity index (χ1n) is 11.3. The van der Waals surface area contributed by atoms with Crippen LogP contribution in [0, 0.1) is 3.57 Å². The van der Waals surface area contributed by atoms with E-state index in [4.69, 9.17) is 30.5 Å². The Labute approximate surface area is 238 Å². The summed E-state index contributed by atoms with van der Waals surface area (Å²) in [5, 5.41) is 9.75. The Morgan fingerprint density at radius 3 is 2.63 bits per heavy atom. The number of urea groups is 1. The van der Waals surface area contributed by atoms with Crippen LogP contribution in [-0.2, 0) is 14.3 Å². The first kappa shape index (κ1) is 29.0. The van der Waals surface area contributed by atoms with Gasteiger partial charge in [-0.05, 0) is 66.3 Å².